The molecule has 1 aromatic heterocycles. The lowest BCUT2D eigenvalue weighted by molar-refractivity contribution is -0.0190. The number of aromatic nitrogens is 2. The molecule has 7 heteroatoms. The Morgan fingerprint density at radius 3 is 2.52 bits per heavy atom. The van der Waals surface area contributed by atoms with Gasteiger partial charge in [-0.2, -0.15) is 4.98 Å². The summed E-state index contributed by atoms with van der Waals surface area (Å²) in [6.45, 7) is 9.20. The Labute approximate surface area is 159 Å². The summed E-state index contributed by atoms with van der Waals surface area (Å²) in [6, 6.07) is 7.93. The molecule has 0 radical (unpaired) electrons. The third kappa shape index (κ3) is 5.53. The molecule has 0 spiro atoms. The Bertz CT molecular complexity index is 756. The first-order valence-corrected chi connectivity index (χ1v) is 9.29. The van der Waals surface area contributed by atoms with Crippen LogP contribution in [0, 0.1) is 6.92 Å². The van der Waals surface area contributed by atoms with Gasteiger partial charge in [-0.25, -0.2) is 4.79 Å². The number of nitrogens with zero attached hydrogens (tertiary/aromatic N) is 3. The number of carbonyl (C=O) groups is 1. The third-order valence-electron chi connectivity index (χ3n) is 4.31. The molecule has 1 aromatic carbocycles. The van der Waals surface area contributed by atoms with E-state index in [9.17, 15) is 4.79 Å². The number of likely N-dealkylation sites (tertiary alicyclic amines) is 1. The van der Waals surface area contributed by atoms with Gasteiger partial charge in [-0.3, -0.25) is 0 Å². The fourth-order valence-corrected chi connectivity index (χ4v) is 2.85. The Morgan fingerprint density at radius 2 is 1.89 bits per heavy atom. The van der Waals surface area contributed by atoms with Crippen molar-refractivity contribution < 1.29 is 18.8 Å². The first-order valence-electron chi connectivity index (χ1n) is 9.29. The monoisotopic (exact) mass is 373 g/mol. The summed E-state index contributed by atoms with van der Waals surface area (Å²) < 4.78 is 16.6. The van der Waals surface area contributed by atoms with Crippen LogP contribution in [0.1, 0.15) is 45.0 Å². The largest absolute Gasteiger partial charge is 0.444 e. The van der Waals surface area contributed by atoms with E-state index in [1.165, 1.54) is 5.56 Å². The second-order valence-electron chi connectivity index (χ2n) is 7.86. The number of piperidine rings is 1. The van der Waals surface area contributed by atoms with Gasteiger partial charge in [0.15, 0.2) is 5.82 Å². The summed E-state index contributed by atoms with van der Waals surface area (Å²) in [6.07, 6.45) is 1.34. The molecule has 0 saturated carbocycles. The minimum atomic E-state index is -0.474. The van der Waals surface area contributed by atoms with Crippen molar-refractivity contribution >= 4 is 6.09 Å². The molecule has 0 bridgehead atoms. The summed E-state index contributed by atoms with van der Waals surface area (Å²) in [5, 5.41) is 3.99. The van der Waals surface area contributed by atoms with Crippen molar-refractivity contribution in [2.24, 2.45) is 0 Å². The van der Waals surface area contributed by atoms with Crippen molar-refractivity contribution in [2.45, 2.75) is 58.8 Å². The number of benzene rings is 1. The van der Waals surface area contributed by atoms with Crippen molar-refractivity contribution in [3.63, 3.8) is 0 Å². The minimum absolute atomic E-state index is 0.0741. The maximum absolute atomic E-state index is 12.1. The summed E-state index contributed by atoms with van der Waals surface area (Å²) in [7, 11) is 0. The smallest absolute Gasteiger partial charge is 0.410 e. The normalized spacial score (nSPS) is 15.8. The second kappa shape index (κ2) is 8.08. The fraction of sp³-hybridized carbons (Fsp3) is 0.550. The molecule has 2 heterocycles. The molecule has 1 amide bonds. The van der Waals surface area contributed by atoms with Crippen molar-refractivity contribution in [3.8, 4) is 11.5 Å². The highest BCUT2D eigenvalue weighted by Gasteiger charge is 2.27. The molecule has 0 N–H and O–H groups in total. The van der Waals surface area contributed by atoms with Gasteiger partial charge in [0, 0.05) is 18.7 Å². The highest BCUT2D eigenvalue weighted by Crippen LogP contribution is 2.20. The van der Waals surface area contributed by atoms with Crippen LogP contribution in [0.5, 0.6) is 0 Å². The van der Waals surface area contributed by atoms with E-state index in [4.69, 9.17) is 14.0 Å². The lowest BCUT2D eigenvalue weighted by Gasteiger charge is -2.33. The van der Waals surface area contributed by atoms with Gasteiger partial charge in [0.05, 0.1) is 6.10 Å². The summed E-state index contributed by atoms with van der Waals surface area (Å²) in [4.78, 5) is 18.2. The maximum atomic E-state index is 12.1. The Hall–Kier alpha value is -2.41. The van der Waals surface area contributed by atoms with Crippen molar-refractivity contribution in [1.29, 1.82) is 0 Å². The molecule has 7 nitrogen and oxygen atoms in total. The van der Waals surface area contributed by atoms with Gasteiger partial charge in [0.25, 0.3) is 5.89 Å². The lowest BCUT2D eigenvalue weighted by Crippen LogP contribution is -2.43. The van der Waals surface area contributed by atoms with Crippen LogP contribution in [0.25, 0.3) is 11.5 Å². The molecule has 0 aliphatic carbocycles. The lowest BCUT2D eigenvalue weighted by atomic mass is 10.1. The Kier molecular flexibility index (Phi) is 5.79. The predicted octanol–water partition coefficient (Wildman–Crippen LogP) is 3.96. The van der Waals surface area contributed by atoms with Gasteiger partial charge in [0.2, 0.25) is 0 Å². The van der Waals surface area contributed by atoms with E-state index in [1.807, 2.05) is 52.0 Å². The van der Waals surface area contributed by atoms with Crippen LogP contribution < -0.4 is 0 Å². The van der Waals surface area contributed by atoms with E-state index in [0.717, 1.165) is 18.4 Å². The Balaban J connectivity index is 1.45. The van der Waals surface area contributed by atoms with Crippen LogP contribution in [0.2, 0.25) is 0 Å². The van der Waals surface area contributed by atoms with Crippen molar-refractivity contribution in [3.05, 3.63) is 35.7 Å². The average Bonchev–Trinajstić information content (AvgIpc) is 3.08. The van der Waals surface area contributed by atoms with Gasteiger partial charge in [-0.15, -0.1) is 0 Å². The molecule has 0 unspecified atom stereocenters. The predicted molar refractivity (Wildman–Crippen MR) is 100 cm³/mol. The zero-order chi connectivity index (χ0) is 19.4. The number of rotatable bonds is 4. The van der Waals surface area contributed by atoms with Crippen LogP contribution in [0.4, 0.5) is 4.79 Å². The summed E-state index contributed by atoms with van der Waals surface area (Å²) in [5.41, 5.74) is 1.60. The quantitative estimate of drug-likeness (QED) is 0.807. The molecular formula is C20H27N3O4. The molecule has 1 saturated heterocycles. The van der Waals surface area contributed by atoms with Crippen LogP contribution in [0.3, 0.4) is 0 Å². The fourth-order valence-electron chi connectivity index (χ4n) is 2.85. The highest BCUT2D eigenvalue weighted by atomic mass is 16.6. The van der Waals surface area contributed by atoms with Crippen LogP contribution in [-0.2, 0) is 16.1 Å². The summed E-state index contributed by atoms with van der Waals surface area (Å²) >= 11 is 0. The van der Waals surface area contributed by atoms with E-state index in [-0.39, 0.29) is 12.2 Å². The van der Waals surface area contributed by atoms with Gasteiger partial charge in [0.1, 0.15) is 12.2 Å². The van der Waals surface area contributed by atoms with Gasteiger partial charge in [-0.05, 0) is 52.7 Å². The van der Waals surface area contributed by atoms with Crippen LogP contribution >= 0.6 is 0 Å². The van der Waals surface area contributed by atoms with E-state index >= 15 is 0 Å². The second-order valence-corrected chi connectivity index (χ2v) is 7.86. The zero-order valence-electron chi connectivity index (χ0n) is 16.4. The van der Waals surface area contributed by atoms with Gasteiger partial charge >= 0.3 is 6.09 Å². The highest BCUT2D eigenvalue weighted by molar-refractivity contribution is 5.68. The topological polar surface area (TPSA) is 77.7 Å². The third-order valence-corrected chi connectivity index (χ3v) is 4.31. The maximum Gasteiger partial charge on any atom is 0.410 e. The molecule has 27 heavy (non-hydrogen) atoms. The molecule has 2 aromatic rings. The van der Waals surface area contributed by atoms with E-state index in [0.29, 0.717) is 31.4 Å². The number of amides is 1. The molecule has 1 fully saturated rings. The minimum Gasteiger partial charge on any atom is -0.444 e. The average molecular weight is 373 g/mol. The van der Waals surface area contributed by atoms with E-state index in [1.54, 1.807) is 4.90 Å². The standard InChI is InChI=1S/C20H27N3O4/c1-14-5-7-15(8-6-14)18-21-17(22-27-18)13-25-16-9-11-23(12-10-16)19(24)26-20(2,3)4/h5-8,16H,9-13H2,1-4H3. The van der Waals surface area contributed by atoms with Gasteiger partial charge in [-0.1, -0.05) is 22.9 Å². The molecule has 0 atom stereocenters. The Morgan fingerprint density at radius 1 is 1.22 bits per heavy atom. The van der Waals surface area contributed by atoms with Gasteiger partial charge < -0.3 is 18.9 Å². The van der Waals surface area contributed by atoms with Crippen LogP contribution in [-0.4, -0.2) is 45.9 Å². The van der Waals surface area contributed by atoms with E-state index < -0.39 is 5.60 Å². The zero-order valence-corrected chi connectivity index (χ0v) is 16.4. The first kappa shape index (κ1) is 19.4. The number of hydrogen-bond donors (Lipinski definition) is 0. The number of carbonyl (C=O) groups excluding carboxylic acids is 1. The SMILES string of the molecule is Cc1ccc(-c2nc(COC3CCN(C(=O)OC(C)(C)C)CC3)no2)cc1. The summed E-state index contributed by atoms with van der Waals surface area (Å²) in [5.74, 6) is 1.02. The molecule has 1 aliphatic heterocycles. The molecular weight excluding hydrogens is 346 g/mol. The first-order chi connectivity index (χ1) is 12.8. The molecule has 146 valence electrons. The number of ether oxygens (including phenoxy) is 2. The van der Waals surface area contributed by atoms with Crippen molar-refractivity contribution in [1.82, 2.24) is 15.0 Å². The van der Waals surface area contributed by atoms with E-state index in [2.05, 4.69) is 10.1 Å². The van der Waals surface area contributed by atoms with Crippen molar-refractivity contribution in [2.75, 3.05) is 13.1 Å². The molecule has 3 rings (SSSR count). The molecule has 1 aliphatic rings. The number of hydrogen-bond acceptors (Lipinski definition) is 6. The number of aryl methyl sites for hydroxylation is 1. The van der Waals surface area contributed by atoms with Crippen LogP contribution in [0.15, 0.2) is 28.8 Å².